The fourth-order valence-electron chi connectivity index (χ4n) is 3.90. The van der Waals surface area contributed by atoms with E-state index in [-0.39, 0.29) is 7.05 Å². The molecule has 0 heterocycles. The molecule has 1 aromatic carbocycles. The Morgan fingerprint density at radius 1 is 0.293 bits per heavy atom. The molecular formula is C23H7F34N. The summed E-state index contributed by atoms with van der Waals surface area (Å²) >= 11 is 0. The normalized spacial score (nSPS) is 16.5. The molecule has 0 saturated heterocycles. The zero-order valence-electron chi connectivity index (χ0n) is 25.6. The average molecular weight is 943 g/mol. The van der Waals surface area contributed by atoms with Gasteiger partial charge in [0, 0.05) is 18.3 Å². The van der Waals surface area contributed by atoms with Crippen LogP contribution in [0.1, 0.15) is 11.1 Å². The lowest BCUT2D eigenvalue weighted by Crippen LogP contribution is -2.74. The Hall–Kier alpha value is -3.36. The Balaban J connectivity index is 4.17. The number of anilines is 1. The van der Waals surface area contributed by atoms with Crippen molar-refractivity contribution in [2.24, 2.45) is 0 Å². The summed E-state index contributed by atoms with van der Waals surface area (Å²) in [5, 5.41) is 0.906. The first-order chi connectivity index (χ1) is 24.7. The maximum absolute atomic E-state index is 14.9. The van der Waals surface area contributed by atoms with Crippen molar-refractivity contribution in [3.05, 3.63) is 29.3 Å². The van der Waals surface area contributed by atoms with Crippen LogP contribution in [0.25, 0.3) is 0 Å². The van der Waals surface area contributed by atoms with Crippen LogP contribution in [0.4, 0.5) is 155 Å². The summed E-state index contributed by atoms with van der Waals surface area (Å²) < 4.78 is 463. The molecule has 0 atom stereocenters. The van der Waals surface area contributed by atoms with Crippen LogP contribution < -0.4 is 5.32 Å². The molecule has 342 valence electrons. The number of benzene rings is 1. The van der Waals surface area contributed by atoms with Gasteiger partial charge in [0.05, 0.1) is 5.56 Å². The van der Waals surface area contributed by atoms with E-state index in [1.54, 1.807) is 0 Å². The molecule has 58 heavy (non-hydrogen) atoms. The number of hydrogen-bond donors (Lipinski definition) is 1. The van der Waals surface area contributed by atoms with Crippen molar-refractivity contribution in [1.82, 2.24) is 0 Å². The standard InChI is InChI=1S/C23H7F34N/c1-58-7-3-2-5(8(24,25)10(28,29)12(32,33)14(36,37)16(40,41)18(44,45)20(48,49)22(52,53)54)4-6(7)9(26,27)11(30,31)13(34,35)15(38,39)17(42,43)19(46,47)21(50,51)23(55,56)57/h2-4,58H,1H3. The third-order valence-electron chi connectivity index (χ3n) is 7.43. The van der Waals surface area contributed by atoms with Crippen molar-refractivity contribution < 1.29 is 149 Å². The van der Waals surface area contributed by atoms with E-state index in [1.807, 2.05) is 0 Å². The van der Waals surface area contributed by atoms with Gasteiger partial charge < -0.3 is 5.32 Å². The molecule has 1 nitrogen and oxygen atoms in total. The second kappa shape index (κ2) is 13.3. The number of hydrogen-bond acceptors (Lipinski definition) is 1. The fraction of sp³-hybridized carbons (Fsp3) is 0.739. The van der Waals surface area contributed by atoms with Crippen LogP contribution in [-0.2, 0) is 11.8 Å². The molecule has 0 unspecified atom stereocenters. The van der Waals surface area contributed by atoms with Crippen molar-refractivity contribution in [3.8, 4) is 0 Å². The third-order valence-corrected chi connectivity index (χ3v) is 7.43. The van der Waals surface area contributed by atoms with E-state index in [4.69, 9.17) is 0 Å². The van der Waals surface area contributed by atoms with E-state index < -0.39 is 130 Å². The minimum Gasteiger partial charge on any atom is -0.388 e. The third kappa shape index (κ3) is 6.27. The van der Waals surface area contributed by atoms with E-state index in [1.165, 1.54) is 0 Å². The molecule has 1 rings (SSSR count). The monoisotopic (exact) mass is 943 g/mol. The number of halogens is 34. The predicted octanol–water partition coefficient (Wildman–Crippen LogP) is 12.7. The maximum atomic E-state index is 14.9. The van der Waals surface area contributed by atoms with Crippen LogP contribution in [0.2, 0.25) is 0 Å². The van der Waals surface area contributed by atoms with Gasteiger partial charge in [0.1, 0.15) is 0 Å². The summed E-state index contributed by atoms with van der Waals surface area (Å²) in [5.74, 6) is -125. The molecular weight excluding hydrogens is 936 g/mol. The highest BCUT2D eigenvalue weighted by Crippen LogP contribution is 2.68. The Morgan fingerprint density at radius 2 is 0.517 bits per heavy atom. The summed E-state index contributed by atoms with van der Waals surface area (Å²) in [5.41, 5.74) is -10.4. The van der Waals surface area contributed by atoms with Crippen LogP contribution in [0.15, 0.2) is 18.2 Å². The number of alkyl halides is 34. The summed E-state index contributed by atoms with van der Waals surface area (Å²) in [6.45, 7) is 0. The molecule has 0 saturated carbocycles. The van der Waals surface area contributed by atoms with Crippen LogP contribution in [-0.4, -0.2) is 90.5 Å². The predicted molar refractivity (Wildman–Crippen MR) is 115 cm³/mol. The Labute approximate surface area is 293 Å². The van der Waals surface area contributed by atoms with Crippen molar-refractivity contribution in [2.45, 2.75) is 95.3 Å². The first-order valence-electron chi connectivity index (χ1n) is 12.9. The largest absolute Gasteiger partial charge is 0.460 e. The van der Waals surface area contributed by atoms with E-state index in [0.29, 0.717) is 0 Å². The SMILES string of the molecule is CNc1ccc(C(F)(F)C(F)(F)C(F)(F)C(F)(F)C(F)(F)C(F)(F)C(F)(F)C(F)(F)F)cc1C(F)(F)C(F)(F)C(F)(F)C(F)(F)C(F)(F)C(F)(F)C(F)(F)C(F)(F)F. The van der Waals surface area contributed by atoms with E-state index in [9.17, 15) is 149 Å². The minimum atomic E-state index is -9.37. The average Bonchev–Trinajstić information content (AvgIpc) is 3.01. The van der Waals surface area contributed by atoms with Gasteiger partial charge in [-0.2, -0.15) is 149 Å². The van der Waals surface area contributed by atoms with Crippen LogP contribution in [0, 0.1) is 0 Å². The summed E-state index contributed by atoms with van der Waals surface area (Å²) in [6.07, 6.45) is -16.4. The zero-order valence-corrected chi connectivity index (χ0v) is 25.6. The maximum Gasteiger partial charge on any atom is 0.460 e. The van der Waals surface area contributed by atoms with Gasteiger partial charge in [-0.15, -0.1) is 0 Å². The van der Waals surface area contributed by atoms with E-state index >= 15 is 0 Å². The van der Waals surface area contributed by atoms with Gasteiger partial charge in [0.15, 0.2) is 0 Å². The molecule has 0 aliphatic rings. The Morgan fingerprint density at radius 3 is 0.759 bits per heavy atom. The molecule has 0 spiro atoms. The topological polar surface area (TPSA) is 12.0 Å². The lowest BCUT2D eigenvalue weighted by atomic mass is 9.84. The van der Waals surface area contributed by atoms with Gasteiger partial charge in [-0.1, -0.05) is 6.07 Å². The molecule has 0 aromatic heterocycles. The first kappa shape index (κ1) is 52.7. The Bertz CT molecular complexity index is 1660. The molecule has 0 aliphatic carbocycles. The van der Waals surface area contributed by atoms with Gasteiger partial charge >= 0.3 is 95.3 Å². The summed E-state index contributed by atoms with van der Waals surface area (Å²) in [6, 6.07) is -4.58. The van der Waals surface area contributed by atoms with Crippen LogP contribution in [0.3, 0.4) is 0 Å². The molecule has 35 heteroatoms. The van der Waals surface area contributed by atoms with Crippen molar-refractivity contribution in [1.29, 1.82) is 0 Å². The number of rotatable bonds is 15. The lowest BCUT2D eigenvalue weighted by molar-refractivity contribution is -0.463. The van der Waals surface area contributed by atoms with Gasteiger partial charge in [-0.3, -0.25) is 0 Å². The van der Waals surface area contributed by atoms with Crippen molar-refractivity contribution >= 4 is 5.69 Å². The van der Waals surface area contributed by atoms with Crippen molar-refractivity contribution in [2.75, 3.05) is 12.4 Å². The van der Waals surface area contributed by atoms with Gasteiger partial charge in [0.2, 0.25) is 0 Å². The van der Waals surface area contributed by atoms with Crippen molar-refractivity contribution in [3.63, 3.8) is 0 Å². The highest BCUT2D eigenvalue weighted by Gasteiger charge is 2.97. The highest BCUT2D eigenvalue weighted by molar-refractivity contribution is 5.56. The first-order valence-corrected chi connectivity index (χ1v) is 12.9. The van der Waals surface area contributed by atoms with E-state index in [0.717, 1.165) is 5.32 Å². The minimum absolute atomic E-state index is 0.0617. The smallest absolute Gasteiger partial charge is 0.388 e. The molecule has 1 N–H and O–H groups in total. The van der Waals surface area contributed by atoms with Gasteiger partial charge in [-0.25, -0.2) is 0 Å². The molecule has 0 bridgehead atoms. The van der Waals surface area contributed by atoms with Gasteiger partial charge in [-0.05, 0) is 12.1 Å². The van der Waals surface area contributed by atoms with Gasteiger partial charge in [0.25, 0.3) is 0 Å². The second-order valence-corrected chi connectivity index (χ2v) is 11.0. The molecule has 0 fully saturated rings. The number of nitrogens with one attached hydrogen (secondary N) is 1. The van der Waals surface area contributed by atoms with E-state index in [2.05, 4.69) is 0 Å². The second-order valence-electron chi connectivity index (χ2n) is 11.0. The van der Waals surface area contributed by atoms with Crippen LogP contribution in [0.5, 0.6) is 0 Å². The molecule has 0 aliphatic heterocycles. The summed E-state index contributed by atoms with van der Waals surface area (Å²) in [7, 11) is -0.0617. The quantitative estimate of drug-likeness (QED) is 0.173. The van der Waals surface area contributed by atoms with Crippen LogP contribution >= 0.6 is 0 Å². The molecule has 0 amide bonds. The fourth-order valence-corrected chi connectivity index (χ4v) is 3.90. The molecule has 1 aromatic rings. The Kier molecular flexibility index (Phi) is 12.1. The zero-order chi connectivity index (χ0) is 47.6. The highest BCUT2D eigenvalue weighted by atomic mass is 19.4. The lowest BCUT2D eigenvalue weighted by Gasteiger charge is -2.43. The summed E-state index contributed by atoms with van der Waals surface area (Å²) in [4.78, 5) is 0. The molecule has 0 radical (unpaired) electrons.